The van der Waals surface area contributed by atoms with Crippen LogP contribution in [-0.4, -0.2) is 53.4 Å². The Labute approximate surface area is 172 Å². The lowest BCUT2D eigenvalue weighted by Crippen LogP contribution is -2.52. The van der Waals surface area contributed by atoms with E-state index in [1.807, 2.05) is 32.0 Å². The maximum absolute atomic E-state index is 12.8. The summed E-state index contributed by atoms with van der Waals surface area (Å²) in [6.45, 7) is 5.51. The van der Waals surface area contributed by atoms with Crippen molar-refractivity contribution in [3.63, 3.8) is 0 Å². The number of likely N-dealkylation sites (tertiary alicyclic amines) is 1. The van der Waals surface area contributed by atoms with Gasteiger partial charge in [0.15, 0.2) is 5.82 Å². The van der Waals surface area contributed by atoms with E-state index < -0.39 is 0 Å². The van der Waals surface area contributed by atoms with Gasteiger partial charge in [-0.2, -0.15) is 5.10 Å². The first-order valence-electron chi connectivity index (χ1n) is 9.83. The highest BCUT2D eigenvalue weighted by Gasteiger charge is 2.33. The Kier molecular flexibility index (Phi) is 4.23. The lowest BCUT2D eigenvalue weighted by atomic mass is 9.99. The minimum absolute atomic E-state index is 0.0257. The van der Waals surface area contributed by atoms with E-state index in [1.54, 1.807) is 28.0 Å². The highest BCUT2D eigenvalue weighted by molar-refractivity contribution is 6.06. The number of nitrogens with zero attached hydrogens (tertiary/aromatic N) is 6. The van der Waals surface area contributed by atoms with Crippen molar-refractivity contribution in [3.05, 3.63) is 70.0 Å². The van der Waals surface area contributed by atoms with Gasteiger partial charge in [0.2, 0.25) is 0 Å². The summed E-state index contributed by atoms with van der Waals surface area (Å²) in [5.74, 6) is 0.763. The molecule has 1 fully saturated rings. The Morgan fingerprint density at radius 1 is 1.20 bits per heavy atom. The van der Waals surface area contributed by atoms with Gasteiger partial charge in [0, 0.05) is 48.5 Å². The average molecular weight is 403 g/mol. The molecule has 152 valence electrons. The summed E-state index contributed by atoms with van der Waals surface area (Å²) in [5.41, 5.74) is 3.02. The molecule has 0 spiro atoms. The molecule has 1 aliphatic rings. The highest BCUT2D eigenvalue weighted by Crippen LogP contribution is 2.23. The Bertz CT molecular complexity index is 1310. The summed E-state index contributed by atoms with van der Waals surface area (Å²) in [7, 11) is 0. The van der Waals surface area contributed by atoms with E-state index in [2.05, 4.69) is 20.2 Å². The fourth-order valence-corrected chi connectivity index (χ4v) is 3.94. The van der Waals surface area contributed by atoms with Crippen LogP contribution in [0.15, 0.2) is 47.5 Å². The zero-order chi connectivity index (χ0) is 20.8. The molecule has 4 aromatic rings. The van der Waals surface area contributed by atoms with Crippen LogP contribution in [0.4, 0.5) is 0 Å². The molecule has 5 heterocycles. The van der Waals surface area contributed by atoms with Crippen LogP contribution in [0.2, 0.25) is 0 Å². The van der Waals surface area contributed by atoms with Crippen LogP contribution in [0, 0.1) is 19.8 Å². The molecule has 0 radical (unpaired) electrons. The lowest BCUT2D eigenvalue weighted by Gasteiger charge is -2.39. The number of nitrogens with one attached hydrogen (secondary N) is 1. The van der Waals surface area contributed by atoms with Crippen LogP contribution in [0.3, 0.4) is 0 Å². The van der Waals surface area contributed by atoms with Crippen molar-refractivity contribution in [2.24, 2.45) is 5.92 Å². The van der Waals surface area contributed by atoms with Crippen molar-refractivity contribution in [2.75, 3.05) is 13.1 Å². The van der Waals surface area contributed by atoms with Crippen molar-refractivity contribution in [3.8, 4) is 5.82 Å². The number of amides is 1. The van der Waals surface area contributed by atoms with Crippen LogP contribution < -0.4 is 5.56 Å². The van der Waals surface area contributed by atoms with Gasteiger partial charge in [-0.25, -0.2) is 14.3 Å². The number of pyridine rings is 1. The molecule has 9 heteroatoms. The molecule has 0 bridgehead atoms. The van der Waals surface area contributed by atoms with Crippen LogP contribution in [-0.2, 0) is 6.54 Å². The van der Waals surface area contributed by atoms with Gasteiger partial charge in [-0.05, 0) is 38.1 Å². The number of carbonyl (C=O) groups is 1. The van der Waals surface area contributed by atoms with E-state index in [-0.39, 0.29) is 17.4 Å². The van der Waals surface area contributed by atoms with Crippen LogP contribution in [0.25, 0.3) is 16.9 Å². The fourth-order valence-electron chi connectivity index (χ4n) is 3.94. The standard InChI is InChI=1S/C21H21N7O2/c1-13-8-14(2)28(24-13)18-5-6-19(29)27(25-18)12-15-10-26(11-15)21(30)17-9-23-20-16(17)4-3-7-22-20/h3-9,15H,10-12H2,1-2H3,(H,22,23). The van der Waals surface area contributed by atoms with Crippen LogP contribution in [0.1, 0.15) is 21.7 Å². The second-order valence-electron chi connectivity index (χ2n) is 7.73. The summed E-state index contributed by atoms with van der Waals surface area (Å²) in [6, 6.07) is 8.86. The number of H-pyrrole nitrogens is 1. The van der Waals surface area contributed by atoms with Gasteiger partial charge in [-0.1, -0.05) is 0 Å². The largest absolute Gasteiger partial charge is 0.345 e. The summed E-state index contributed by atoms with van der Waals surface area (Å²) < 4.78 is 3.20. The van der Waals surface area contributed by atoms with Gasteiger partial charge in [-0.15, -0.1) is 5.10 Å². The smallest absolute Gasteiger partial charge is 0.266 e. The molecular formula is C21H21N7O2. The molecule has 30 heavy (non-hydrogen) atoms. The van der Waals surface area contributed by atoms with Crippen LogP contribution in [0.5, 0.6) is 0 Å². The molecular weight excluding hydrogens is 382 g/mol. The number of hydrogen-bond acceptors (Lipinski definition) is 5. The predicted octanol–water partition coefficient (Wildman–Crippen LogP) is 1.69. The minimum atomic E-state index is -0.159. The first-order chi connectivity index (χ1) is 14.5. The van der Waals surface area contributed by atoms with Crippen molar-refractivity contribution in [1.29, 1.82) is 0 Å². The van der Waals surface area contributed by atoms with Crippen LogP contribution >= 0.6 is 0 Å². The van der Waals surface area contributed by atoms with Crippen molar-refractivity contribution in [2.45, 2.75) is 20.4 Å². The van der Waals surface area contributed by atoms with Crippen molar-refractivity contribution >= 4 is 16.9 Å². The Hall–Kier alpha value is -3.75. The molecule has 5 rings (SSSR count). The molecule has 1 amide bonds. The number of fused-ring (bicyclic) bond motifs is 1. The summed E-state index contributed by atoms with van der Waals surface area (Å²) in [4.78, 5) is 34.2. The summed E-state index contributed by atoms with van der Waals surface area (Å²) in [6.07, 6.45) is 3.40. The second kappa shape index (κ2) is 6.94. The Morgan fingerprint density at radius 3 is 2.80 bits per heavy atom. The van der Waals surface area contributed by atoms with Crippen molar-refractivity contribution < 1.29 is 4.79 Å². The molecule has 0 aliphatic carbocycles. The predicted molar refractivity (Wildman–Crippen MR) is 111 cm³/mol. The van der Waals surface area contributed by atoms with E-state index in [9.17, 15) is 9.59 Å². The second-order valence-corrected chi connectivity index (χ2v) is 7.73. The maximum Gasteiger partial charge on any atom is 0.266 e. The average Bonchev–Trinajstić information content (AvgIpc) is 3.28. The van der Waals surface area contributed by atoms with Crippen molar-refractivity contribution in [1.82, 2.24) is 34.4 Å². The normalized spacial score (nSPS) is 14.3. The van der Waals surface area contributed by atoms with E-state index in [1.165, 1.54) is 10.7 Å². The number of aryl methyl sites for hydroxylation is 2. The van der Waals surface area contributed by atoms with E-state index in [0.717, 1.165) is 16.8 Å². The van der Waals surface area contributed by atoms with Gasteiger partial charge in [0.05, 0.1) is 17.8 Å². The molecule has 0 aromatic carbocycles. The van der Waals surface area contributed by atoms with Gasteiger partial charge in [-0.3, -0.25) is 9.59 Å². The molecule has 9 nitrogen and oxygen atoms in total. The Balaban J connectivity index is 1.29. The number of aromatic amines is 1. The topological polar surface area (TPSA) is 102 Å². The van der Waals surface area contributed by atoms with E-state index in [0.29, 0.717) is 36.7 Å². The summed E-state index contributed by atoms with van der Waals surface area (Å²) >= 11 is 0. The van der Waals surface area contributed by atoms with Gasteiger partial charge in [0.1, 0.15) is 5.65 Å². The first kappa shape index (κ1) is 18.3. The van der Waals surface area contributed by atoms with E-state index >= 15 is 0 Å². The minimum Gasteiger partial charge on any atom is -0.345 e. The number of rotatable bonds is 4. The molecule has 1 saturated heterocycles. The zero-order valence-corrected chi connectivity index (χ0v) is 16.7. The number of hydrogen-bond donors (Lipinski definition) is 1. The van der Waals surface area contributed by atoms with E-state index in [4.69, 9.17) is 0 Å². The maximum atomic E-state index is 12.8. The molecule has 1 N–H and O–H groups in total. The molecule has 0 unspecified atom stereocenters. The molecule has 0 atom stereocenters. The van der Waals surface area contributed by atoms with Gasteiger partial charge in [0.25, 0.3) is 11.5 Å². The number of aromatic nitrogens is 6. The third-order valence-corrected chi connectivity index (χ3v) is 5.44. The molecule has 0 saturated carbocycles. The third-order valence-electron chi connectivity index (χ3n) is 5.44. The number of carbonyl (C=O) groups excluding carboxylic acids is 1. The third kappa shape index (κ3) is 3.08. The zero-order valence-electron chi connectivity index (χ0n) is 16.7. The molecule has 4 aromatic heterocycles. The lowest BCUT2D eigenvalue weighted by molar-refractivity contribution is 0.0460. The fraction of sp³-hybridized carbons (Fsp3) is 0.286. The highest BCUT2D eigenvalue weighted by atomic mass is 16.2. The van der Waals surface area contributed by atoms with Gasteiger partial charge < -0.3 is 9.88 Å². The monoisotopic (exact) mass is 403 g/mol. The summed E-state index contributed by atoms with van der Waals surface area (Å²) in [5, 5.41) is 9.74. The molecule has 1 aliphatic heterocycles. The quantitative estimate of drug-likeness (QED) is 0.559. The SMILES string of the molecule is Cc1cc(C)n(-c2ccc(=O)n(CC3CN(C(=O)c4c[nH]c5ncccc45)C3)n2)n1. The van der Waals surface area contributed by atoms with Gasteiger partial charge >= 0.3 is 0 Å². The first-order valence-corrected chi connectivity index (χ1v) is 9.83. The Morgan fingerprint density at radius 2 is 2.03 bits per heavy atom.